The standard InChI is InChI=1S/C15H21BrN2O/c1-2-8-17-9-10-18-14(19)15(6-7-15)12-4-3-5-13(16)11-12/h3-5,11,17H,2,6-10H2,1H3,(H,18,19). The lowest BCUT2D eigenvalue weighted by Crippen LogP contribution is -2.38. The molecule has 1 aliphatic rings. The number of carbonyl (C=O) groups is 1. The smallest absolute Gasteiger partial charge is 0.230 e. The summed E-state index contributed by atoms with van der Waals surface area (Å²) in [7, 11) is 0. The lowest BCUT2D eigenvalue weighted by Gasteiger charge is -2.16. The number of amides is 1. The molecule has 0 aromatic heterocycles. The summed E-state index contributed by atoms with van der Waals surface area (Å²) in [6.07, 6.45) is 3.03. The summed E-state index contributed by atoms with van der Waals surface area (Å²) in [6.45, 7) is 4.69. The third-order valence-corrected chi connectivity index (χ3v) is 4.07. The van der Waals surface area contributed by atoms with Crippen LogP contribution < -0.4 is 10.6 Å². The molecule has 1 aromatic rings. The Morgan fingerprint density at radius 1 is 1.32 bits per heavy atom. The lowest BCUT2D eigenvalue weighted by molar-refractivity contribution is -0.123. The quantitative estimate of drug-likeness (QED) is 0.757. The second-order valence-electron chi connectivity index (χ2n) is 5.10. The van der Waals surface area contributed by atoms with E-state index in [9.17, 15) is 4.79 Å². The van der Waals surface area contributed by atoms with Gasteiger partial charge < -0.3 is 10.6 Å². The van der Waals surface area contributed by atoms with E-state index in [0.717, 1.165) is 42.4 Å². The maximum Gasteiger partial charge on any atom is 0.230 e. The van der Waals surface area contributed by atoms with Gasteiger partial charge in [0.15, 0.2) is 0 Å². The summed E-state index contributed by atoms with van der Waals surface area (Å²) in [6, 6.07) is 8.09. The minimum Gasteiger partial charge on any atom is -0.354 e. The van der Waals surface area contributed by atoms with E-state index in [4.69, 9.17) is 0 Å². The molecule has 0 atom stereocenters. The molecule has 1 saturated carbocycles. The van der Waals surface area contributed by atoms with E-state index in [1.165, 1.54) is 0 Å². The number of hydrogen-bond donors (Lipinski definition) is 2. The van der Waals surface area contributed by atoms with Crippen molar-refractivity contribution in [2.24, 2.45) is 0 Å². The van der Waals surface area contributed by atoms with Crippen molar-refractivity contribution in [1.29, 1.82) is 0 Å². The second kappa shape index (κ2) is 6.53. The fourth-order valence-electron chi connectivity index (χ4n) is 2.29. The Morgan fingerprint density at radius 3 is 2.74 bits per heavy atom. The SMILES string of the molecule is CCCNCCNC(=O)C1(c2cccc(Br)c2)CC1. The minimum absolute atomic E-state index is 0.170. The number of halogens is 1. The first-order valence-electron chi connectivity index (χ1n) is 6.94. The summed E-state index contributed by atoms with van der Waals surface area (Å²) in [4.78, 5) is 12.3. The van der Waals surface area contributed by atoms with Crippen molar-refractivity contribution in [2.75, 3.05) is 19.6 Å². The maximum absolute atomic E-state index is 12.3. The average molecular weight is 325 g/mol. The van der Waals surface area contributed by atoms with Gasteiger partial charge in [-0.2, -0.15) is 0 Å². The monoisotopic (exact) mass is 324 g/mol. The number of benzene rings is 1. The van der Waals surface area contributed by atoms with Crippen LogP contribution in [0.3, 0.4) is 0 Å². The van der Waals surface area contributed by atoms with Gasteiger partial charge in [0.25, 0.3) is 0 Å². The van der Waals surface area contributed by atoms with Crippen molar-refractivity contribution >= 4 is 21.8 Å². The van der Waals surface area contributed by atoms with E-state index >= 15 is 0 Å². The van der Waals surface area contributed by atoms with Gasteiger partial charge in [0.05, 0.1) is 5.41 Å². The largest absolute Gasteiger partial charge is 0.354 e. The zero-order chi connectivity index (χ0) is 13.7. The van der Waals surface area contributed by atoms with Crippen LogP contribution in [0.25, 0.3) is 0 Å². The fraction of sp³-hybridized carbons (Fsp3) is 0.533. The highest BCUT2D eigenvalue weighted by atomic mass is 79.9. The van der Waals surface area contributed by atoms with Crippen molar-refractivity contribution in [3.63, 3.8) is 0 Å². The first-order valence-corrected chi connectivity index (χ1v) is 7.73. The van der Waals surface area contributed by atoms with Crippen LogP contribution in [0.5, 0.6) is 0 Å². The third-order valence-electron chi connectivity index (χ3n) is 3.58. The molecule has 0 radical (unpaired) electrons. The molecule has 0 bridgehead atoms. The third kappa shape index (κ3) is 3.57. The van der Waals surface area contributed by atoms with Crippen LogP contribution in [0, 0.1) is 0 Å². The first-order chi connectivity index (χ1) is 9.19. The molecule has 1 aromatic carbocycles. The van der Waals surface area contributed by atoms with Gasteiger partial charge >= 0.3 is 0 Å². The second-order valence-corrected chi connectivity index (χ2v) is 6.01. The Morgan fingerprint density at radius 2 is 2.11 bits per heavy atom. The number of hydrogen-bond acceptors (Lipinski definition) is 2. The predicted octanol–water partition coefficient (Wildman–Crippen LogP) is 2.60. The molecule has 3 nitrogen and oxygen atoms in total. The molecular weight excluding hydrogens is 304 g/mol. The van der Waals surface area contributed by atoms with Gasteiger partial charge in [-0.25, -0.2) is 0 Å². The van der Waals surface area contributed by atoms with E-state index in [1.807, 2.05) is 18.2 Å². The Kier molecular flexibility index (Phi) is 4.99. The number of rotatable bonds is 7. The molecule has 19 heavy (non-hydrogen) atoms. The lowest BCUT2D eigenvalue weighted by atomic mass is 9.95. The van der Waals surface area contributed by atoms with Gasteiger partial charge in [-0.3, -0.25) is 4.79 Å². The Balaban J connectivity index is 1.88. The fourth-order valence-corrected chi connectivity index (χ4v) is 2.69. The molecule has 0 heterocycles. The van der Waals surface area contributed by atoms with E-state index in [2.05, 4.69) is 39.6 Å². The Hall–Kier alpha value is -0.870. The average Bonchev–Trinajstić information content (AvgIpc) is 3.20. The van der Waals surface area contributed by atoms with Crippen molar-refractivity contribution < 1.29 is 4.79 Å². The highest BCUT2D eigenvalue weighted by Crippen LogP contribution is 2.48. The van der Waals surface area contributed by atoms with Gasteiger partial charge in [-0.1, -0.05) is 35.0 Å². The van der Waals surface area contributed by atoms with Crippen molar-refractivity contribution in [3.8, 4) is 0 Å². The van der Waals surface area contributed by atoms with Gasteiger partial charge in [0.2, 0.25) is 5.91 Å². The summed E-state index contributed by atoms with van der Waals surface area (Å²) < 4.78 is 1.04. The van der Waals surface area contributed by atoms with Crippen LogP contribution in [0.2, 0.25) is 0 Å². The van der Waals surface area contributed by atoms with Crippen LogP contribution >= 0.6 is 15.9 Å². The number of nitrogens with one attached hydrogen (secondary N) is 2. The van der Waals surface area contributed by atoms with E-state index in [0.29, 0.717) is 6.54 Å². The highest BCUT2D eigenvalue weighted by molar-refractivity contribution is 9.10. The Bertz CT molecular complexity index is 444. The highest BCUT2D eigenvalue weighted by Gasteiger charge is 2.51. The summed E-state index contributed by atoms with van der Waals surface area (Å²) >= 11 is 3.47. The predicted molar refractivity (Wildman–Crippen MR) is 81.2 cm³/mol. The molecule has 0 spiro atoms. The molecule has 2 N–H and O–H groups in total. The van der Waals surface area contributed by atoms with E-state index < -0.39 is 0 Å². The van der Waals surface area contributed by atoms with E-state index in [-0.39, 0.29) is 11.3 Å². The number of carbonyl (C=O) groups excluding carboxylic acids is 1. The molecule has 1 aliphatic carbocycles. The van der Waals surface area contributed by atoms with Gasteiger partial charge in [-0.15, -0.1) is 0 Å². The van der Waals surface area contributed by atoms with Crippen LogP contribution in [-0.2, 0) is 10.2 Å². The topological polar surface area (TPSA) is 41.1 Å². The van der Waals surface area contributed by atoms with E-state index in [1.54, 1.807) is 0 Å². The van der Waals surface area contributed by atoms with Crippen molar-refractivity contribution in [2.45, 2.75) is 31.6 Å². The van der Waals surface area contributed by atoms with Crippen molar-refractivity contribution in [3.05, 3.63) is 34.3 Å². The van der Waals surface area contributed by atoms with Crippen LogP contribution in [0.15, 0.2) is 28.7 Å². The summed E-state index contributed by atoms with van der Waals surface area (Å²) in [5, 5.41) is 6.33. The molecule has 0 saturated heterocycles. The summed E-state index contributed by atoms with van der Waals surface area (Å²) in [5.41, 5.74) is 0.857. The van der Waals surface area contributed by atoms with Crippen LogP contribution in [0.4, 0.5) is 0 Å². The van der Waals surface area contributed by atoms with Gasteiger partial charge in [0, 0.05) is 17.6 Å². The molecule has 0 unspecified atom stereocenters. The Labute approximate surface area is 123 Å². The van der Waals surface area contributed by atoms with Crippen LogP contribution in [-0.4, -0.2) is 25.5 Å². The molecule has 4 heteroatoms. The zero-order valence-electron chi connectivity index (χ0n) is 11.3. The minimum atomic E-state index is -0.269. The maximum atomic E-state index is 12.3. The zero-order valence-corrected chi connectivity index (χ0v) is 12.9. The molecule has 1 fully saturated rings. The van der Waals surface area contributed by atoms with Crippen LogP contribution in [0.1, 0.15) is 31.7 Å². The first kappa shape index (κ1) is 14.5. The normalized spacial score (nSPS) is 16.1. The molecule has 0 aliphatic heterocycles. The van der Waals surface area contributed by atoms with Crippen molar-refractivity contribution in [1.82, 2.24) is 10.6 Å². The molecule has 1 amide bonds. The molecule has 104 valence electrons. The molecule has 2 rings (SSSR count). The summed E-state index contributed by atoms with van der Waals surface area (Å²) in [5.74, 6) is 0.170. The molecular formula is C15H21BrN2O. The van der Waals surface area contributed by atoms with Gasteiger partial charge in [0.1, 0.15) is 0 Å². The van der Waals surface area contributed by atoms with Gasteiger partial charge in [-0.05, 0) is 43.5 Å².